The van der Waals surface area contributed by atoms with E-state index >= 15 is 0 Å². The van der Waals surface area contributed by atoms with E-state index in [1.165, 1.54) is 0 Å². The van der Waals surface area contributed by atoms with E-state index < -0.39 is 0 Å². The SMILES string of the molecule is CCC1CN(C(=O)c2ccc(N(C)C)c(N)c2)CCO1. The second-order valence-electron chi connectivity index (χ2n) is 5.32. The van der Waals surface area contributed by atoms with Gasteiger partial charge in [-0.2, -0.15) is 0 Å². The first-order chi connectivity index (χ1) is 9.52. The van der Waals surface area contributed by atoms with E-state index in [0.29, 0.717) is 30.9 Å². The predicted octanol–water partition coefficient (Wildman–Crippen LogP) is 1.59. The van der Waals surface area contributed by atoms with Gasteiger partial charge in [-0.25, -0.2) is 0 Å². The van der Waals surface area contributed by atoms with Crippen LogP contribution >= 0.6 is 0 Å². The number of carbonyl (C=O) groups is 1. The molecule has 0 aromatic heterocycles. The number of hydrogen-bond acceptors (Lipinski definition) is 4. The minimum atomic E-state index is 0.0313. The minimum absolute atomic E-state index is 0.0313. The molecule has 1 saturated heterocycles. The van der Waals surface area contributed by atoms with Gasteiger partial charge in [-0.3, -0.25) is 4.79 Å². The Balaban J connectivity index is 2.15. The van der Waals surface area contributed by atoms with Crippen molar-refractivity contribution < 1.29 is 9.53 Å². The Bertz CT molecular complexity index is 488. The van der Waals surface area contributed by atoms with Gasteiger partial charge in [0.05, 0.1) is 24.1 Å². The summed E-state index contributed by atoms with van der Waals surface area (Å²) in [5.74, 6) is 0.0313. The minimum Gasteiger partial charge on any atom is -0.397 e. The third kappa shape index (κ3) is 3.04. The third-order valence-electron chi connectivity index (χ3n) is 3.64. The van der Waals surface area contributed by atoms with E-state index in [1.807, 2.05) is 36.0 Å². The highest BCUT2D eigenvalue weighted by molar-refractivity contribution is 5.96. The van der Waals surface area contributed by atoms with Crippen molar-refractivity contribution in [3.05, 3.63) is 23.8 Å². The van der Waals surface area contributed by atoms with Crippen LogP contribution in [0.15, 0.2) is 18.2 Å². The van der Waals surface area contributed by atoms with E-state index in [1.54, 1.807) is 6.07 Å². The molecule has 2 N–H and O–H groups in total. The van der Waals surface area contributed by atoms with Crippen LogP contribution in [0, 0.1) is 0 Å². The van der Waals surface area contributed by atoms with E-state index in [0.717, 1.165) is 12.1 Å². The number of anilines is 2. The lowest BCUT2D eigenvalue weighted by Crippen LogP contribution is -2.45. The fraction of sp³-hybridized carbons (Fsp3) is 0.533. The van der Waals surface area contributed by atoms with Crippen LogP contribution in [-0.4, -0.2) is 50.7 Å². The molecule has 1 aromatic rings. The molecular weight excluding hydrogens is 254 g/mol. The maximum absolute atomic E-state index is 12.5. The van der Waals surface area contributed by atoms with Gasteiger partial charge in [0.2, 0.25) is 0 Å². The number of ether oxygens (including phenoxy) is 1. The normalized spacial score (nSPS) is 18.9. The predicted molar refractivity (Wildman–Crippen MR) is 81.1 cm³/mol. The third-order valence-corrected chi connectivity index (χ3v) is 3.64. The van der Waals surface area contributed by atoms with E-state index in [2.05, 4.69) is 6.92 Å². The molecular formula is C15H23N3O2. The van der Waals surface area contributed by atoms with E-state index in [-0.39, 0.29) is 12.0 Å². The molecule has 1 atom stereocenters. The van der Waals surface area contributed by atoms with Crippen molar-refractivity contribution in [2.24, 2.45) is 0 Å². The molecule has 1 aliphatic rings. The van der Waals surface area contributed by atoms with Gasteiger partial charge < -0.3 is 20.3 Å². The molecule has 5 heteroatoms. The standard InChI is InChI=1S/C15H23N3O2/c1-4-12-10-18(7-8-20-12)15(19)11-5-6-14(17(2)3)13(16)9-11/h5-6,9,12H,4,7-8,10,16H2,1-3H3. The lowest BCUT2D eigenvalue weighted by atomic mass is 10.1. The topological polar surface area (TPSA) is 58.8 Å². The summed E-state index contributed by atoms with van der Waals surface area (Å²) in [6, 6.07) is 5.48. The first-order valence-electron chi connectivity index (χ1n) is 7.00. The monoisotopic (exact) mass is 277 g/mol. The van der Waals surface area contributed by atoms with Crippen molar-refractivity contribution in [2.75, 3.05) is 44.4 Å². The molecule has 1 aromatic carbocycles. The number of hydrogen-bond donors (Lipinski definition) is 1. The summed E-state index contributed by atoms with van der Waals surface area (Å²) in [6.45, 7) is 3.98. The molecule has 1 unspecified atom stereocenters. The first-order valence-corrected chi connectivity index (χ1v) is 7.00. The van der Waals surface area contributed by atoms with Crippen LogP contribution in [0.4, 0.5) is 11.4 Å². The average Bonchev–Trinajstić information content (AvgIpc) is 2.46. The van der Waals surface area contributed by atoms with Gasteiger partial charge in [-0.05, 0) is 24.6 Å². The van der Waals surface area contributed by atoms with Crippen molar-refractivity contribution >= 4 is 17.3 Å². The Kier molecular flexibility index (Phi) is 4.49. The Morgan fingerprint density at radius 2 is 2.25 bits per heavy atom. The summed E-state index contributed by atoms with van der Waals surface area (Å²) in [5.41, 5.74) is 8.20. The summed E-state index contributed by atoms with van der Waals surface area (Å²) >= 11 is 0. The number of rotatable bonds is 3. The smallest absolute Gasteiger partial charge is 0.254 e. The molecule has 0 aliphatic carbocycles. The maximum Gasteiger partial charge on any atom is 0.254 e. The number of carbonyl (C=O) groups excluding carboxylic acids is 1. The van der Waals surface area contributed by atoms with Crippen molar-refractivity contribution in [3.63, 3.8) is 0 Å². The molecule has 1 fully saturated rings. The second kappa shape index (κ2) is 6.13. The summed E-state index contributed by atoms with van der Waals surface area (Å²) < 4.78 is 5.59. The van der Waals surface area contributed by atoms with Crippen LogP contribution in [-0.2, 0) is 4.74 Å². The van der Waals surface area contributed by atoms with Gasteiger partial charge in [0.1, 0.15) is 0 Å². The van der Waals surface area contributed by atoms with Crippen molar-refractivity contribution in [3.8, 4) is 0 Å². The van der Waals surface area contributed by atoms with Gasteiger partial charge in [0.15, 0.2) is 0 Å². The Morgan fingerprint density at radius 3 is 2.85 bits per heavy atom. The van der Waals surface area contributed by atoms with Gasteiger partial charge in [-0.15, -0.1) is 0 Å². The largest absolute Gasteiger partial charge is 0.397 e. The van der Waals surface area contributed by atoms with E-state index in [4.69, 9.17) is 10.5 Å². The highest BCUT2D eigenvalue weighted by atomic mass is 16.5. The fourth-order valence-electron chi connectivity index (χ4n) is 2.43. The highest BCUT2D eigenvalue weighted by Gasteiger charge is 2.24. The zero-order chi connectivity index (χ0) is 14.7. The zero-order valence-electron chi connectivity index (χ0n) is 12.4. The average molecular weight is 277 g/mol. The summed E-state index contributed by atoms with van der Waals surface area (Å²) in [4.78, 5) is 16.3. The van der Waals surface area contributed by atoms with Crippen molar-refractivity contribution in [1.82, 2.24) is 4.90 Å². The Morgan fingerprint density at radius 1 is 1.50 bits per heavy atom. The summed E-state index contributed by atoms with van der Waals surface area (Å²) in [6.07, 6.45) is 1.07. The Hall–Kier alpha value is -1.75. The molecule has 5 nitrogen and oxygen atoms in total. The molecule has 0 bridgehead atoms. The van der Waals surface area contributed by atoms with Crippen molar-refractivity contribution in [1.29, 1.82) is 0 Å². The maximum atomic E-state index is 12.5. The number of nitrogens with two attached hydrogens (primary N) is 1. The van der Waals surface area contributed by atoms with Crippen LogP contribution < -0.4 is 10.6 Å². The van der Waals surface area contributed by atoms with Crippen molar-refractivity contribution in [2.45, 2.75) is 19.4 Å². The molecule has 20 heavy (non-hydrogen) atoms. The summed E-state index contributed by atoms with van der Waals surface area (Å²) in [5, 5.41) is 0. The zero-order valence-corrected chi connectivity index (χ0v) is 12.4. The fourth-order valence-corrected chi connectivity index (χ4v) is 2.43. The van der Waals surface area contributed by atoms with E-state index in [9.17, 15) is 4.79 Å². The van der Waals surface area contributed by atoms with Crippen LogP contribution in [0.1, 0.15) is 23.7 Å². The second-order valence-corrected chi connectivity index (χ2v) is 5.32. The molecule has 1 heterocycles. The quantitative estimate of drug-likeness (QED) is 0.852. The van der Waals surface area contributed by atoms with Gasteiger partial charge in [0, 0.05) is 32.7 Å². The summed E-state index contributed by atoms with van der Waals surface area (Å²) in [7, 11) is 3.86. The van der Waals surface area contributed by atoms with Gasteiger partial charge >= 0.3 is 0 Å². The molecule has 0 spiro atoms. The lowest BCUT2D eigenvalue weighted by Gasteiger charge is -2.32. The lowest BCUT2D eigenvalue weighted by molar-refractivity contribution is -0.0226. The van der Waals surface area contributed by atoms with Gasteiger partial charge in [-0.1, -0.05) is 6.92 Å². The molecule has 0 radical (unpaired) electrons. The molecule has 1 amide bonds. The van der Waals surface area contributed by atoms with Crippen LogP contribution in [0.25, 0.3) is 0 Å². The molecule has 1 aliphatic heterocycles. The number of nitrogen functional groups attached to an aromatic ring is 1. The number of morpholine rings is 1. The first kappa shape index (κ1) is 14.7. The number of nitrogens with zero attached hydrogens (tertiary/aromatic N) is 2. The van der Waals surface area contributed by atoms with Crippen LogP contribution in [0.2, 0.25) is 0 Å². The number of benzene rings is 1. The highest BCUT2D eigenvalue weighted by Crippen LogP contribution is 2.23. The van der Waals surface area contributed by atoms with Gasteiger partial charge in [0.25, 0.3) is 5.91 Å². The molecule has 0 saturated carbocycles. The van der Waals surface area contributed by atoms with Crippen LogP contribution in [0.5, 0.6) is 0 Å². The van der Waals surface area contributed by atoms with Crippen LogP contribution in [0.3, 0.4) is 0 Å². The number of amides is 1. The Labute approximate surface area is 120 Å². The molecule has 2 rings (SSSR count). The molecule has 110 valence electrons.